The molecule has 0 aliphatic heterocycles. The Balaban J connectivity index is 1.98. The zero-order valence-corrected chi connectivity index (χ0v) is 12.3. The second-order valence-electron chi connectivity index (χ2n) is 4.27. The number of benzene rings is 1. The van der Waals surface area contributed by atoms with E-state index in [1.807, 2.05) is 43.3 Å². The van der Waals surface area contributed by atoms with Crippen LogP contribution in [0.4, 0.5) is 0 Å². The van der Waals surface area contributed by atoms with Gasteiger partial charge in [-0.3, -0.25) is 4.98 Å². The highest BCUT2D eigenvalue weighted by molar-refractivity contribution is 6.17. The van der Waals surface area contributed by atoms with E-state index in [1.54, 1.807) is 6.20 Å². The van der Waals surface area contributed by atoms with E-state index in [2.05, 4.69) is 4.98 Å². The topological polar surface area (TPSA) is 31.4 Å². The Hall–Kier alpha value is -1.74. The van der Waals surface area contributed by atoms with Crippen molar-refractivity contribution in [2.24, 2.45) is 0 Å². The van der Waals surface area contributed by atoms with Crippen molar-refractivity contribution in [2.75, 3.05) is 13.2 Å². The Bertz CT molecular complexity index is 531. The van der Waals surface area contributed by atoms with Gasteiger partial charge in [-0.2, -0.15) is 0 Å². The lowest BCUT2D eigenvalue weighted by Gasteiger charge is -2.12. The molecule has 1 heterocycles. The van der Waals surface area contributed by atoms with Gasteiger partial charge in [0.1, 0.15) is 0 Å². The van der Waals surface area contributed by atoms with E-state index in [1.165, 1.54) is 0 Å². The fourth-order valence-electron chi connectivity index (χ4n) is 1.83. The zero-order valence-electron chi connectivity index (χ0n) is 11.5. The minimum absolute atomic E-state index is 0.467. The minimum Gasteiger partial charge on any atom is -0.490 e. The lowest BCUT2D eigenvalue weighted by atomic mass is 10.2. The summed E-state index contributed by atoms with van der Waals surface area (Å²) >= 11 is 5.83. The Labute approximate surface area is 124 Å². The van der Waals surface area contributed by atoms with Crippen LogP contribution in [0.1, 0.15) is 18.2 Å². The van der Waals surface area contributed by atoms with Gasteiger partial charge in [0.05, 0.1) is 13.2 Å². The van der Waals surface area contributed by atoms with Crippen molar-refractivity contribution in [1.82, 2.24) is 4.98 Å². The first-order valence-corrected chi connectivity index (χ1v) is 7.21. The van der Waals surface area contributed by atoms with Crippen LogP contribution in [0, 0.1) is 0 Å². The van der Waals surface area contributed by atoms with Crippen LogP contribution in [0.3, 0.4) is 0 Å². The first-order valence-electron chi connectivity index (χ1n) is 6.68. The van der Waals surface area contributed by atoms with Crippen LogP contribution in [0.25, 0.3) is 0 Å². The molecule has 106 valence electrons. The van der Waals surface area contributed by atoms with Crippen LogP contribution in [0.5, 0.6) is 11.5 Å². The summed E-state index contributed by atoms with van der Waals surface area (Å²) in [7, 11) is 0. The number of pyridine rings is 1. The molecule has 2 aromatic rings. The lowest BCUT2D eigenvalue weighted by Crippen LogP contribution is -2.04. The molecule has 0 saturated carbocycles. The summed E-state index contributed by atoms with van der Waals surface area (Å²) in [5, 5.41) is 0. The Morgan fingerprint density at radius 3 is 2.70 bits per heavy atom. The normalized spacial score (nSPS) is 10.3. The number of rotatable bonds is 7. The molecule has 0 spiro atoms. The van der Waals surface area contributed by atoms with Crippen molar-refractivity contribution in [3.05, 3.63) is 53.9 Å². The molecular weight excluding hydrogens is 274 g/mol. The fourth-order valence-corrected chi connectivity index (χ4v) is 2.00. The molecule has 1 aromatic carbocycles. The molecule has 2 rings (SSSR count). The van der Waals surface area contributed by atoms with E-state index in [0.29, 0.717) is 19.1 Å². The molecule has 3 nitrogen and oxygen atoms in total. The number of aromatic nitrogens is 1. The van der Waals surface area contributed by atoms with Crippen molar-refractivity contribution in [1.29, 1.82) is 0 Å². The van der Waals surface area contributed by atoms with E-state index in [9.17, 15) is 0 Å². The van der Waals surface area contributed by atoms with Gasteiger partial charge >= 0.3 is 0 Å². The Morgan fingerprint density at radius 2 is 2.00 bits per heavy atom. The second-order valence-corrected chi connectivity index (χ2v) is 4.53. The van der Waals surface area contributed by atoms with E-state index < -0.39 is 0 Å². The smallest absolute Gasteiger partial charge is 0.161 e. The summed E-state index contributed by atoms with van der Waals surface area (Å²) in [6, 6.07) is 11.6. The van der Waals surface area contributed by atoms with Crippen LogP contribution in [0.15, 0.2) is 42.6 Å². The van der Waals surface area contributed by atoms with Gasteiger partial charge in [-0.1, -0.05) is 12.1 Å². The van der Waals surface area contributed by atoms with Crippen molar-refractivity contribution in [2.45, 2.75) is 19.2 Å². The molecule has 0 saturated heterocycles. The molecule has 20 heavy (non-hydrogen) atoms. The summed E-state index contributed by atoms with van der Waals surface area (Å²) in [5.74, 6) is 1.96. The molecule has 0 unspecified atom stereocenters. The van der Waals surface area contributed by atoms with Crippen LogP contribution in [0.2, 0.25) is 0 Å². The number of hydrogen-bond acceptors (Lipinski definition) is 3. The maximum atomic E-state index is 5.83. The highest BCUT2D eigenvalue weighted by Crippen LogP contribution is 2.29. The SMILES string of the molecule is CCOc1cc(CCl)ccc1OCCc1ccccn1. The molecular formula is C16H18ClNO2. The summed E-state index contributed by atoms with van der Waals surface area (Å²) in [6.07, 6.45) is 2.56. The second kappa shape index (κ2) is 7.75. The first kappa shape index (κ1) is 14.7. The summed E-state index contributed by atoms with van der Waals surface area (Å²) in [6.45, 7) is 3.12. The van der Waals surface area contributed by atoms with Gasteiger partial charge in [0.2, 0.25) is 0 Å². The van der Waals surface area contributed by atoms with E-state index in [-0.39, 0.29) is 0 Å². The number of alkyl halides is 1. The average Bonchev–Trinajstić information content (AvgIpc) is 2.50. The van der Waals surface area contributed by atoms with Crippen LogP contribution in [-0.2, 0) is 12.3 Å². The van der Waals surface area contributed by atoms with Crippen molar-refractivity contribution >= 4 is 11.6 Å². The number of hydrogen-bond donors (Lipinski definition) is 0. The predicted molar refractivity (Wildman–Crippen MR) is 80.6 cm³/mol. The first-order chi connectivity index (χ1) is 9.83. The minimum atomic E-state index is 0.467. The van der Waals surface area contributed by atoms with E-state index in [0.717, 1.165) is 29.2 Å². The van der Waals surface area contributed by atoms with Gasteiger partial charge in [0.15, 0.2) is 11.5 Å². The zero-order chi connectivity index (χ0) is 14.2. The van der Waals surface area contributed by atoms with Crippen LogP contribution >= 0.6 is 11.6 Å². The fraction of sp³-hybridized carbons (Fsp3) is 0.312. The predicted octanol–water partition coefficient (Wildman–Crippen LogP) is 3.84. The average molecular weight is 292 g/mol. The lowest BCUT2D eigenvalue weighted by molar-refractivity contribution is 0.278. The molecule has 0 amide bonds. The highest BCUT2D eigenvalue weighted by atomic mass is 35.5. The molecule has 0 N–H and O–H groups in total. The van der Waals surface area contributed by atoms with Gasteiger partial charge in [-0.15, -0.1) is 11.6 Å². The third kappa shape index (κ3) is 4.14. The molecule has 0 fully saturated rings. The van der Waals surface area contributed by atoms with Gasteiger partial charge < -0.3 is 9.47 Å². The van der Waals surface area contributed by atoms with Crippen LogP contribution < -0.4 is 9.47 Å². The summed E-state index contributed by atoms with van der Waals surface area (Å²) in [4.78, 5) is 4.27. The van der Waals surface area contributed by atoms with E-state index >= 15 is 0 Å². The van der Waals surface area contributed by atoms with Crippen molar-refractivity contribution in [3.63, 3.8) is 0 Å². The number of halogens is 1. The highest BCUT2D eigenvalue weighted by Gasteiger charge is 2.06. The molecule has 1 aromatic heterocycles. The van der Waals surface area contributed by atoms with Gasteiger partial charge in [0.25, 0.3) is 0 Å². The third-order valence-electron chi connectivity index (χ3n) is 2.80. The van der Waals surface area contributed by atoms with Gasteiger partial charge in [0, 0.05) is 24.2 Å². The Morgan fingerprint density at radius 1 is 1.10 bits per heavy atom. The van der Waals surface area contributed by atoms with Gasteiger partial charge in [-0.05, 0) is 36.8 Å². The maximum absolute atomic E-state index is 5.83. The largest absolute Gasteiger partial charge is 0.490 e. The summed E-state index contributed by atoms with van der Waals surface area (Å²) < 4.78 is 11.4. The molecule has 0 aliphatic carbocycles. The van der Waals surface area contributed by atoms with E-state index in [4.69, 9.17) is 21.1 Å². The monoisotopic (exact) mass is 291 g/mol. The Kier molecular flexibility index (Phi) is 5.69. The number of ether oxygens (including phenoxy) is 2. The maximum Gasteiger partial charge on any atom is 0.161 e. The molecule has 0 radical (unpaired) electrons. The third-order valence-corrected chi connectivity index (χ3v) is 3.11. The van der Waals surface area contributed by atoms with Crippen LogP contribution in [-0.4, -0.2) is 18.2 Å². The van der Waals surface area contributed by atoms with Gasteiger partial charge in [-0.25, -0.2) is 0 Å². The standard InChI is InChI=1S/C16H18ClNO2/c1-2-19-16-11-13(12-17)6-7-15(16)20-10-8-14-5-3-4-9-18-14/h3-7,9,11H,2,8,10,12H2,1H3. The molecule has 0 bridgehead atoms. The van der Waals surface area contributed by atoms with Crippen molar-refractivity contribution in [3.8, 4) is 11.5 Å². The molecule has 0 aliphatic rings. The quantitative estimate of drug-likeness (QED) is 0.726. The summed E-state index contributed by atoms with van der Waals surface area (Å²) in [5.41, 5.74) is 2.04. The molecule has 4 heteroatoms. The number of nitrogens with zero attached hydrogens (tertiary/aromatic N) is 1. The van der Waals surface area contributed by atoms with Crippen molar-refractivity contribution < 1.29 is 9.47 Å². The molecule has 0 atom stereocenters.